The summed E-state index contributed by atoms with van der Waals surface area (Å²) < 4.78 is 6.32. The van der Waals surface area contributed by atoms with Crippen molar-refractivity contribution in [1.29, 1.82) is 0 Å². The first-order chi connectivity index (χ1) is 9.78. The molecular formula is C15H18BrN3O. The topological polar surface area (TPSA) is 36.9 Å². The molecule has 1 aromatic rings. The van der Waals surface area contributed by atoms with Crippen LogP contribution in [0.4, 0.5) is 0 Å². The fourth-order valence-electron chi connectivity index (χ4n) is 3.79. The molecule has 1 aromatic carbocycles. The molecule has 3 fully saturated rings. The van der Waals surface area contributed by atoms with E-state index in [1.165, 1.54) is 37.2 Å². The lowest BCUT2D eigenvalue weighted by molar-refractivity contribution is 0.133. The Morgan fingerprint density at radius 2 is 2.15 bits per heavy atom. The number of hydrogen-bond acceptors (Lipinski definition) is 4. The molecule has 0 aromatic heterocycles. The molecule has 0 amide bonds. The number of ether oxygens (including phenoxy) is 1. The Kier molecular flexibility index (Phi) is 3.00. The van der Waals surface area contributed by atoms with Crippen LogP contribution in [0.15, 0.2) is 27.8 Å². The van der Waals surface area contributed by atoms with Gasteiger partial charge in [-0.2, -0.15) is 5.10 Å². The molecule has 0 aliphatic carbocycles. The van der Waals surface area contributed by atoms with E-state index >= 15 is 0 Å². The molecule has 106 valence electrons. The van der Waals surface area contributed by atoms with E-state index in [1.807, 2.05) is 6.07 Å². The molecule has 4 nitrogen and oxygen atoms in total. The Morgan fingerprint density at radius 1 is 1.35 bits per heavy atom. The van der Waals surface area contributed by atoms with Crippen LogP contribution in [0.2, 0.25) is 0 Å². The fraction of sp³-hybridized carbons (Fsp3) is 0.533. The lowest BCUT2D eigenvalue weighted by Crippen LogP contribution is -2.56. The summed E-state index contributed by atoms with van der Waals surface area (Å²) in [4.78, 5) is 2.58. The number of rotatable bonds is 2. The minimum Gasteiger partial charge on any atom is -0.496 e. The molecule has 2 atom stereocenters. The second kappa shape index (κ2) is 4.74. The zero-order valence-electron chi connectivity index (χ0n) is 11.5. The quantitative estimate of drug-likeness (QED) is 0.902. The second-order valence-corrected chi connectivity index (χ2v) is 6.65. The third-order valence-electron chi connectivity index (χ3n) is 4.83. The highest BCUT2D eigenvalue weighted by molar-refractivity contribution is 9.10. The second-order valence-electron chi connectivity index (χ2n) is 5.79. The van der Waals surface area contributed by atoms with Gasteiger partial charge in [0.1, 0.15) is 5.75 Å². The van der Waals surface area contributed by atoms with E-state index in [0.29, 0.717) is 12.0 Å². The molecule has 4 aliphatic heterocycles. The SMILES string of the molecule is COc1ccc([C@@H]2NN=C3C4CCN(CC4)[C@H]32)cc1Br. The maximum atomic E-state index is 5.31. The molecule has 0 unspecified atom stereocenters. The van der Waals surface area contributed by atoms with Gasteiger partial charge in [-0.1, -0.05) is 6.07 Å². The minimum absolute atomic E-state index is 0.273. The number of methoxy groups -OCH3 is 1. The fourth-order valence-corrected chi connectivity index (χ4v) is 4.35. The number of halogens is 1. The first-order valence-corrected chi connectivity index (χ1v) is 7.97. The first-order valence-electron chi connectivity index (χ1n) is 7.18. The van der Waals surface area contributed by atoms with Crippen molar-refractivity contribution in [2.75, 3.05) is 20.2 Å². The molecule has 0 spiro atoms. The Balaban J connectivity index is 1.66. The Morgan fingerprint density at radius 3 is 2.85 bits per heavy atom. The molecule has 5 heteroatoms. The van der Waals surface area contributed by atoms with Crippen LogP contribution < -0.4 is 10.2 Å². The number of nitrogens with one attached hydrogen (secondary N) is 1. The van der Waals surface area contributed by atoms with E-state index in [-0.39, 0.29) is 6.04 Å². The molecule has 0 saturated carbocycles. The van der Waals surface area contributed by atoms with Crippen molar-refractivity contribution in [2.45, 2.75) is 24.9 Å². The molecule has 3 saturated heterocycles. The third-order valence-corrected chi connectivity index (χ3v) is 5.45. The van der Waals surface area contributed by atoms with Crippen LogP contribution in [-0.4, -0.2) is 36.9 Å². The number of fused-ring (bicyclic) bond motifs is 2. The van der Waals surface area contributed by atoms with Crippen LogP contribution in [0.25, 0.3) is 0 Å². The average molecular weight is 336 g/mol. The van der Waals surface area contributed by atoms with Gasteiger partial charge in [0.05, 0.1) is 29.4 Å². The number of hydrogen-bond donors (Lipinski definition) is 1. The summed E-state index contributed by atoms with van der Waals surface area (Å²) in [6.45, 7) is 2.42. The van der Waals surface area contributed by atoms with Gasteiger partial charge in [0.25, 0.3) is 0 Å². The highest BCUT2D eigenvalue weighted by Gasteiger charge is 2.46. The Labute approximate surface area is 127 Å². The number of benzene rings is 1. The first kappa shape index (κ1) is 12.7. The van der Waals surface area contributed by atoms with Crippen molar-refractivity contribution in [3.05, 3.63) is 28.2 Å². The largest absolute Gasteiger partial charge is 0.496 e. The molecule has 1 N–H and O–H groups in total. The van der Waals surface area contributed by atoms with Crippen molar-refractivity contribution in [1.82, 2.24) is 10.3 Å². The van der Waals surface area contributed by atoms with Gasteiger partial charge in [0, 0.05) is 5.92 Å². The molecule has 5 rings (SSSR count). The standard InChI is InChI=1S/C15H18BrN3O/c1-20-12-3-2-10(8-11(12)16)14-15-13(17-18-14)9-4-6-19(15)7-5-9/h2-3,8-9,14-15,18H,4-7H2,1H3/t14-,15+/m0/s1. The van der Waals surface area contributed by atoms with Crippen molar-refractivity contribution in [3.8, 4) is 5.75 Å². The molecule has 2 bridgehead atoms. The third kappa shape index (κ3) is 1.79. The number of hydrazone groups is 1. The smallest absolute Gasteiger partial charge is 0.133 e. The van der Waals surface area contributed by atoms with Crippen LogP contribution in [0, 0.1) is 5.92 Å². The lowest BCUT2D eigenvalue weighted by Gasteiger charge is -2.45. The average Bonchev–Trinajstić information content (AvgIpc) is 2.95. The maximum Gasteiger partial charge on any atom is 0.133 e. The molecular weight excluding hydrogens is 318 g/mol. The van der Waals surface area contributed by atoms with Crippen molar-refractivity contribution < 1.29 is 4.74 Å². The zero-order valence-corrected chi connectivity index (χ0v) is 13.1. The van der Waals surface area contributed by atoms with Gasteiger partial charge < -0.3 is 10.2 Å². The van der Waals surface area contributed by atoms with Crippen molar-refractivity contribution >= 4 is 21.6 Å². The van der Waals surface area contributed by atoms with Crippen LogP contribution in [-0.2, 0) is 0 Å². The van der Waals surface area contributed by atoms with Gasteiger partial charge >= 0.3 is 0 Å². The van der Waals surface area contributed by atoms with Gasteiger partial charge in [-0.25, -0.2) is 0 Å². The minimum atomic E-state index is 0.273. The van der Waals surface area contributed by atoms with Crippen LogP contribution in [0.5, 0.6) is 5.75 Å². The van der Waals surface area contributed by atoms with Crippen LogP contribution >= 0.6 is 15.9 Å². The molecule has 4 heterocycles. The Hall–Kier alpha value is -1.07. The van der Waals surface area contributed by atoms with E-state index < -0.39 is 0 Å². The van der Waals surface area contributed by atoms with Crippen LogP contribution in [0.1, 0.15) is 24.4 Å². The van der Waals surface area contributed by atoms with E-state index in [0.717, 1.165) is 10.2 Å². The monoisotopic (exact) mass is 335 g/mol. The predicted molar refractivity (Wildman–Crippen MR) is 82.1 cm³/mol. The summed E-state index contributed by atoms with van der Waals surface area (Å²) in [5.41, 5.74) is 6.01. The van der Waals surface area contributed by atoms with Crippen molar-refractivity contribution in [3.63, 3.8) is 0 Å². The number of piperidine rings is 3. The van der Waals surface area contributed by atoms with Gasteiger partial charge in [0.15, 0.2) is 0 Å². The van der Waals surface area contributed by atoms with E-state index in [4.69, 9.17) is 4.74 Å². The zero-order chi connectivity index (χ0) is 13.7. The molecule has 20 heavy (non-hydrogen) atoms. The van der Waals surface area contributed by atoms with E-state index in [2.05, 4.69) is 43.5 Å². The predicted octanol–water partition coefficient (Wildman–Crippen LogP) is 2.55. The van der Waals surface area contributed by atoms with Gasteiger partial charge in [-0.15, -0.1) is 0 Å². The lowest BCUT2D eigenvalue weighted by atomic mass is 9.78. The van der Waals surface area contributed by atoms with Gasteiger partial charge in [0.2, 0.25) is 0 Å². The maximum absolute atomic E-state index is 5.31. The highest BCUT2D eigenvalue weighted by Crippen LogP contribution is 2.40. The van der Waals surface area contributed by atoms with E-state index in [9.17, 15) is 0 Å². The normalized spacial score (nSPS) is 34.4. The summed E-state index contributed by atoms with van der Waals surface area (Å²) in [5.74, 6) is 1.57. The Bertz CT molecular complexity index is 566. The summed E-state index contributed by atoms with van der Waals surface area (Å²) >= 11 is 3.58. The van der Waals surface area contributed by atoms with Gasteiger partial charge in [-0.3, -0.25) is 4.90 Å². The van der Waals surface area contributed by atoms with Gasteiger partial charge in [-0.05, 0) is 59.6 Å². The molecule has 4 aliphatic rings. The summed E-state index contributed by atoms with van der Waals surface area (Å²) in [6.07, 6.45) is 2.55. The van der Waals surface area contributed by atoms with Crippen molar-refractivity contribution in [2.24, 2.45) is 11.0 Å². The highest BCUT2D eigenvalue weighted by atomic mass is 79.9. The number of nitrogens with zero attached hydrogens (tertiary/aromatic N) is 2. The van der Waals surface area contributed by atoms with Crippen LogP contribution in [0.3, 0.4) is 0 Å². The summed E-state index contributed by atoms with van der Waals surface area (Å²) in [7, 11) is 1.70. The summed E-state index contributed by atoms with van der Waals surface area (Å²) in [5, 5.41) is 4.65. The van der Waals surface area contributed by atoms with E-state index in [1.54, 1.807) is 7.11 Å². The summed E-state index contributed by atoms with van der Waals surface area (Å²) in [6, 6.07) is 7.04. The molecule has 0 radical (unpaired) electrons.